The molecule has 0 aliphatic heterocycles. The van der Waals surface area contributed by atoms with Gasteiger partial charge in [-0.25, -0.2) is 4.98 Å². The molecule has 1 N–H and O–H groups in total. The summed E-state index contributed by atoms with van der Waals surface area (Å²) < 4.78 is 0. The van der Waals surface area contributed by atoms with Crippen LogP contribution in [0.4, 0.5) is 0 Å². The lowest BCUT2D eigenvalue weighted by molar-refractivity contribution is 0.322. The smallest absolute Gasteiger partial charge is 0.101 e. The highest BCUT2D eigenvalue weighted by atomic mass is 32.2. The summed E-state index contributed by atoms with van der Waals surface area (Å²) in [5.74, 6) is 0.638. The lowest BCUT2D eigenvalue weighted by Crippen LogP contribution is -1.87. The number of hydrogen-bond acceptors (Lipinski definition) is 4. The Hall–Kier alpha value is -1.05. The van der Waals surface area contributed by atoms with Crippen LogP contribution in [0.25, 0.3) is 0 Å². The van der Waals surface area contributed by atoms with Gasteiger partial charge in [0.05, 0.1) is 17.2 Å². The van der Waals surface area contributed by atoms with Crippen molar-refractivity contribution in [3.63, 3.8) is 0 Å². The second-order valence-corrected chi connectivity index (χ2v) is 3.18. The fourth-order valence-electron chi connectivity index (χ4n) is 0.682. The minimum Gasteiger partial charge on any atom is -0.396 e. The SMILES string of the molecule is N#Cc1ccc(SCCO)nc1. The summed E-state index contributed by atoms with van der Waals surface area (Å²) in [7, 11) is 0. The van der Waals surface area contributed by atoms with Crippen LogP contribution in [-0.4, -0.2) is 22.5 Å². The van der Waals surface area contributed by atoms with Gasteiger partial charge in [0, 0.05) is 11.9 Å². The molecule has 0 saturated heterocycles. The Kier molecular flexibility index (Phi) is 3.58. The molecule has 1 heterocycles. The number of aromatic nitrogens is 1. The molecule has 12 heavy (non-hydrogen) atoms. The van der Waals surface area contributed by atoms with E-state index in [2.05, 4.69) is 4.98 Å². The van der Waals surface area contributed by atoms with Crippen molar-refractivity contribution < 1.29 is 5.11 Å². The molecule has 0 spiro atoms. The second-order valence-electron chi connectivity index (χ2n) is 2.07. The minimum absolute atomic E-state index is 0.145. The fourth-order valence-corrected chi connectivity index (χ4v) is 1.27. The summed E-state index contributed by atoms with van der Waals surface area (Å²) in [4.78, 5) is 4.02. The molecule has 0 saturated carbocycles. The zero-order valence-electron chi connectivity index (χ0n) is 6.40. The van der Waals surface area contributed by atoms with Gasteiger partial charge in [-0.1, -0.05) is 0 Å². The van der Waals surface area contributed by atoms with Crippen molar-refractivity contribution in [2.45, 2.75) is 5.03 Å². The normalized spacial score (nSPS) is 9.33. The summed E-state index contributed by atoms with van der Waals surface area (Å²) in [5.41, 5.74) is 0.559. The molecule has 0 atom stereocenters. The molecule has 4 heteroatoms. The first kappa shape index (κ1) is 9.04. The molecule has 62 valence electrons. The van der Waals surface area contributed by atoms with E-state index in [0.717, 1.165) is 5.03 Å². The van der Waals surface area contributed by atoms with Crippen LogP contribution in [0, 0.1) is 11.3 Å². The van der Waals surface area contributed by atoms with Crippen LogP contribution in [0.15, 0.2) is 23.4 Å². The third-order valence-electron chi connectivity index (χ3n) is 1.21. The average Bonchev–Trinajstić information content (AvgIpc) is 2.15. The molecule has 0 aromatic carbocycles. The number of aliphatic hydroxyl groups excluding tert-OH is 1. The molecule has 0 radical (unpaired) electrons. The molecule has 0 fully saturated rings. The molecule has 0 aliphatic rings. The lowest BCUT2D eigenvalue weighted by Gasteiger charge is -1.96. The molecule has 1 rings (SSSR count). The van der Waals surface area contributed by atoms with E-state index in [4.69, 9.17) is 10.4 Å². The first-order valence-electron chi connectivity index (χ1n) is 3.46. The summed E-state index contributed by atoms with van der Waals surface area (Å²) in [5, 5.41) is 17.8. The fraction of sp³-hybridized carbons (Fsp3) is 0.250. The molecule has 1 aromatic heterocycles. The van der Waals surface area contributed by atoms with Gasteiger partial charge >= 0.3 is 0 Å². The van der Waals surface area contributed by atoms with Gasteiger partial charge in [-0.3, -0.25) is 0 Å². The molecule has 0 unspecified atom stereocenters. The van der Waals surface area contributed by atoms with Crippen molar-refractivity contribution in [3.8, 4) is 6.07 Å². The first-order valence-corrected chi connectivity index (χ1v) is 4.45. The van der Waals surface area contributed by atoms with Crippen molar-refractivity contribution in [1.82, 2.24) is 4.98 Å². The van der Waals surface area contributed by atoms with Crippen molar-refractivity contribution in [2.24, 2.45) is 0 Å². The summed E-state index contributed by atoms with van der Waals surface area (Å²) in [6, 6.07) is 5.48. The van der Waals surface area contributed by atoms with Gasteiger partial charge in [0.2, 0.25) is 0 Å². The Labute approximate surface area is 75.1 Å². The van der Waals surface area contributed by atoms with E-state index in [-0.39, 0.29) is 6.61 Å². The van der Waals surface area contributed by atoms with Gasteiger partial charge < -0.3 is 5.11 Å². The van der Waals surface area contributed by atoms with Crippen molar-refractivity contribution in [3.05, 3.63) is 23.9 Å². The Morgan fingerprint density at radius 2 is 2.42 bits per heavy atom. The molecular formula is C8H8N2OS. The van der Waals surface area contributed by atoms with Crippen molar-refractivity contribution in [2.75, 3.05) is 12.4 Å². The van der Waals surface area contributed by atoms with Crippen LogP contribution in [0.2, 0.25) is 0 Å². The lowest BCUT2D eigenvalue weighted by atomic mass is 10.3. The van der Waals surface area contributed by atoms with Gasteiger partial charge in [-0.2, -0.15) is 5.26 Å². The Balaban J connectivity index is 2.60. The van der Waals surface area contributed by atoms with Gasteiger partial charge in [0.25, 0.3) is 0 Å². The highest BCUT2D eigenvalue weighted by Gasteiger charge is 1.94. The standard InChI is InChI=1S/C8H8N2OS/c9-5-7-1-2-8(10-6-7)12-4-3-11/h1-2,6,11H,3-4H2. The second kappa shape index (κ2) is 4.75. The predicted octanol–water partition coefficient (Wildman–Crippen LogP) is 1.04. The Morgan fingerprint density at radius 1 is 1.58 bits per heavy atom. The summed E-state index contributed by atoms with van der Waals surface area (Å²) in [6.07, 6.45) is 1.53. The minimum atomic E-state index is 0.145. The number of rotatable bonds is 3. The highest BCUT2D eigenvalue weighted by Crippen LogP contribution is 2.13. The van der Waals surface area contributed by atoms with Crippen molar-refractivity contribution >= 4 is 11.8 Å². The third kappa shape index (κ3) is 2.53. The molecule has 0 aliphatic carbocycles. The Bertz CT molecular complexity index is 278. The van der Waals surface area contributed by atoms with E-state index in [1.54, 1.807) is 12.1 Å². The molecular weight excluding hydrogens is 172 g/mol. The van der Waals surface area contributed by atoms with Gasteiger partial charge in [0.1, 0.15) is 6.07 Å². The maximum atomic E-state index is 8.53. The quantitative estimate of drug-likeness (QED) is 0.706. The van der Waals surface area contributed by atoms with Crippen LogP contribution in [0.5, 0.6) is 0 Å². The Morgan fingerprint density at radius 3 is 2.92 bits per heavy atom. The zero-order chi connectivity index (χ0) is 8.81. The molecule has 0 amide bonds. The van der Waals surface area contributed by atoms with E-state index >= 15 is 0 Å². The van der Waals surface area contributed by atoms with Gasteiger partial charge in [-0.05, 0) is 12.1 Å². The van der Waals surface area contributed by atoms with E-state index in [1.165, 1.54) is 18.0 Å². The topological polar surface area (TPSA) is 56.9 Å². The van der Waals surface area contributed by atoms with Crippen LogP contribution in [0.3, 0.4) is 0 Å². The zero-order valence-corrected chi connectivity index (χ0v) is 7.21. The summed E-state index contributed by atoms with van der Waals surface area (Å²) >= 11 is 1.47. The van der Waals surface area contributed by atoms with Crippen LogP contribution >= 0.6 is 11.8 Å². The van der Waals surface area contributed by atoms with E-state index in [9.17, 15) is 0 Å². The van der Waals surface area contributed by atoms with Gasteiger partial charge in [0.15, 0.2) is 0 Å². The number of pyridine rings is 1. The monoisotopic (exact) mass is 180 g/mol. The number of hydrogen-bond donors (Lipinski definition) is 1. The molecule has 0 bridgehead atoms. The predicted molar refractivity (Wildman–Crippen MR) is 46.8 cm³/mol. The third-order valence-corrected chi connectivity index (χ3v) is 2.13. The highest BCUT2D eigenvalue weighted by molar-refractivity contribution is 7.99. The van der Waals surface area contributed by atoms with Crippen LogP contribution in [-0.2, 0) is 0 Å². The van der Waals surface area contributed by atoms with E-state index in [0.29, 0.717) is 11.3 Å². The molecule has 1 aromatic rings. The largest absolute Gasteiger partial charge is 0.396 e. The summed E-state index contributed by atoms with van der Waals surface area (Å²) in [6.45, 7) is 0.145. The maximum absolute atomic E-state index is 8.53. The number of nitriles is 1. The number of aliphatic hydroxyl groups is 1. The van der Waals surface area contributed by atoms with E-state index in [1.807, 2.05) is 6.07 Å². The van der Waals surface area contributed by atoms with Crippen LogP contribution in [0.1, 0.15) is 5.56 Å². The number of thioether (sulfide) groups is 1. The van der Waals surface area contributed by atoms with Gasteiger partial charge in [-0.15, -0.1) is 11.8 Å². The first-order chi connectivity index (χ1) is 5.86. The number of nitrogens with zero attached hydrogens (tertiary/aromatic N) is 2. The van der Waals surface area contributed by atoms with E-state index < -0.39 is 0 Å². The van der Waals surface area contributed by atoms with Crippen molar-refractivity contribution in [1.29, 1.82) is 5.26 Å². The molecule has 3 nitrogen and oxygen atoms in total. The maximum Gasteiger partial charge on any atom is 0.101 e. The average molecular weight is 180 g/mol. The van der Waals surface area contributed by atoms with Crippen LogP contribution < -0.4 is 0 Å².